The molecule has 0 aliphatic rings. The zero-order chi connectivity index (χ0) is 67.0. The van der Waals surface area contributed by atoms with Crippen LogP contribution in [0.5, 0.6) is 0 Å². The van der Waals surface area contributed by atoms with Crippen LogP contribution in [0.4, 0.5) is 0 Å². The van der Waals surface area contributed by atoms with Gasteiger partial charge in [0.05, 0.1) is 336 Å². The molecule has 1 unspecified atom stereocenters. The van der Waals surface area contributed by atoms with Crippen molar-refractivity contribution < 1.29 is 133 Å². The van der Waals surface area contributed by atoms with Crippen LogP contribution < -0.4 is 10.6 Å². The third-order valence-electron chi connectivity index (χ3n) is 12.1. The van der Waals surface area contributed by atoms with Crippen molar-refractivity contribution in [1.82, 2.24) is 10.6 Å². The molecule has 0 aromatic heterocycles. The Hall–Kier alpha value is -2.23. The van der Waals surface area contributed by atoms with Crippen LogP contribution in [0.3, 0.4) is 0 Å². The Kier molecular flexibility index (Phi) is 80.2. The second-order valence-electron chi connectivity index (χ2n) is 19.8. The number of Topliss-reactive ketones (excluding diaryl/α,β-unsaturated/α-hetero) is 2. The molecular weight excluding hydrogens is 1230 g/mol. The van der Waals surface area contributed by atoms with Crippen molar-refractivity contribution in [3.63, 3.8) is 0 Å². The normalized spacial score (nSPS) is 12.0. The van der Waals surface area contributed by atoms with Crippen molar-refractivity contribution in [3.05, 3.63) is 0 Å². The minimum absolute atomic E-state index is 0.0454. The van der Waals surface area contributed by atoms with E-state index in [1.54, 1.807) is 20.9 Å². The Bertz CT molecular complexity index is 1480. The molecule has 2 N–H and O–H groups in total. The lowest BCUT2D eigenvalue weighted by Crippen LogP contribution is -2.32. The topological polar surface area (TPSA) is 306 Å². The molecule has 30 nitrogen and oxygen atoms in total. The summed E-state index contributed by atoms with van der Waals surface area (Å²) in [5.74, 6) is 0.206. The van der Waals surface area contributed by atoms with Crippen LogP contribution in [0.25, 0.3) is 0 Å². The summed E-state index contributed by atoms with van der Waals surface area (Å²) in [7, 11) is 1.78. The molecule has 0 saturated carbocycles. The molecule has 0 aromatic carbocycles. The number of ether oxygens (including phenoxy) is 25. The van der Waals surface area contributed by atoms with Crippen LogP contribution in [-0.4, -0.2) is 367 Å². The molecular formula is C63H124N2O28. The fourth-order valence-electron chi connectivity index (χ4n) is 7.10. The first-order valence-corrected chi connectivity index (χ1v) is 33.3. The highest BCUT2D eigenvalue weighted by molar-refractivity contribution is 5.81. The minimum atomic E-state index is -0.115. The van der Waals surface area contributed by atoms with E-state index < -0.39 is 0 Å². The summed E-state index contributed by atoms with van der Waals surface area (Å²) in [4.78, 5) is 34.2. The highest BCUT2D eigenvalue weighted by atomic mass is 16.6. The molecule has 0 heterocycles. The second-order valence-corrected chi connectivity index (χ2v) is 19.8. The first-order chi connectivity index (χ1) is 46.0. The van der Waals surface area contributed by atoms with Gasteiger partial charge in [-0.3, -0.25) is 14.4 Å². The van der Waals surface area contributed by atoms with Crippen LogP contribution >= 0.6 is 0 Å². The number of hydrogen-bond acceptors (Lipinski definition) is 29. The number of nitrogens with one attached hydrogen (secondary N) is 2. The average molecular weight is 1360 g/mol. The van der Waals surface area contributed by atoms with Gasteiger partial charge in [0.1, 0.15) is 11.6 Å². The standard InChI is InChI=1S/C63H124N2O28/c1-60(66)7-10-69-12-14-71-16-18-73-20-22-75-24-26-77-28-30-79-32-34-81-36-38-83-40-42-85-44-46-87-48-50-89-52-54-91-56-58-93-59-57-92-55-53-90-51-49-88-47-45-86-43-41-84-39-37-82-35-33-80-31-29-78-27-25-76-23-21-74-19-17-72-15-13-70-11-8-63(68)65-9-5-4-6-62(64-3)61(2)67/h62,64H,4-59H2,1-3H3,(H,65,68). The van der Waals surface area contributed by atoms with Gasteiger partial charge in [0, 0.05) is 19.4 Å². The molecule has 1 amide bonds. The van der Waals surface area contributed by atoms with Gasteiger partial charge < -0.3 is 129 Å². The summed E-state index contributed by atoms with van der Waals surface area (Å²) in [5.41, 5.74) is 0. The van der Waals surface area contributed by atoms with E-state index in [0.717, 1.165) is 19.3 Å². The van der Waals surface area contributed by atoms with E-state index in [1.807, 2.05) is 0 Å². The fourth-order valence-corrected chi connectivity index (χ4v) is 7.10. The molecule has 0 spiro atoms. The monoisotopic (exact) mass is 1360 g/mol. The van der Waals surface area contributed by atoms with Crippen molar-refractivity contribution in [2.45, 2.75) is 52.0 Å². The maximum Gasteiger partial charge on any atom is 0.222 e. The Balaban J connectivity index is 3.12. The summed E-state index contributed by atoms with van der Waals surface area (Å²) in [6, 6.07) is -0.115. The zero-order valence-corrected chi connectivity index (χ0v) is 57.1. The summed E-state index contributed by atoms with van der Waals surface area (Å²) in [6.45, 7) is 27.3. The quantitative estimate of drug-likeness (QED) is 0.0809. The van der Waals surface area contributed by atoms with Gasteiger partial charge in [-0.15, -0.1) is 0 Å². The van der Waals surface area contributed by atoms with Crippen LogP contribution in [0, 0.1) is 0 Å². The average Bonchev–Trinajstić information content (AvgIpc) is 3.58. The number of carbonyl (C=O) groups is 3. The fraction of sp³-hybridized carbons (Fsp3) is 0.952. The summed E-state index contributed by atoms with van der Waals surface area (Å²) in [6.07, 6.45) is 3.20. The smallest absolute Gasteiger partial charge is 0.222 e. The first kappa shape index (κ1) is 90.8. The molecule has 0 aliphatic carbocycles. The predicted octanol–water partition coefficient (Wildman–Crippen LogP) is 1.23. The molecule has 0 bridgehead atoms. The summed E-state index contributed by atoms with van der Waals surface area (Å²) >= 11 is 0. The van der Waals surface area contributed by atoms with Crippen molar-refractivity contribution in [2.75, 3.05) is 344 Å². The van der Waals surface area contributed by atoms with Crippen molar-refractivity contribution in [1.29, 1.82) is 0 Å². The Morgan fingerprint density at radius 2 is 0.398 bits per heavy atom. The van der Waals surface area contributed by atoms with Crippen LogP contribution in [-0.2, 0) is 133 Å². The lowest BCUT2D eigenvalue weighted by Gasteiger charge is -2.12. The number of likely N-dealkylation sites (N-methyl/N-ethyl adjacent to an activating group) is 1. The largest absolute Gasteiger partial charge is 0.379 e. The van der Waals surface area contributed by atoms with E-state index in [-0.39, 0.29) is 23.5 Å². The molecule has 1 atom stereocenters. The molecule has 0 aliphatic heterocycles. The third kappa shape index (κ3) is 82.1. The van der Waals surface area contributed by atoms with Crippen LogP contribution in [0.15, 0.2) is 0 Å². The number of carbonyl (C=O) groups excluding carboxylic acids is 3. The van der Waals surface area contributed by atoms with E-state index >= 15 is 0 Å². The third-order valence-corrected chi connectivity index (χ3v) is 12.1. The first-order valence-electron chi connectivity index (χ1n) is 33.3. The minimum Gasteiger partial charge on any atom is -0.379 e. The molecule has 0 rings (SSSR count). The second kappa shape index (κ2) is 82.2. The van der Waals surface area contributed by atoms with Gasteiger partial charge in [-0.05, 0) is 40.2 Å². The van der Waals surface area contributed by atoms with Crippen molar-refractivity contribution >= 4 is 17.5 Å². The van der Waals surface area contributed by atoms with Crippen LogP contribution in [0.1, 0.15) is 46.0 Å². The molecule has 554 valence electrons. The van der Waals surface area contributed by atoms with Gasteiger partial charge in [-0.2, -0.15) is 0 Å². The Morgan fingerprint density at radius 3 is 0.548 bits per heavy atom. The Morgan fingerprint density at radius 1 is 0.237 bits per heavy atom. The van der Waals surface area contributed by atoms with Gasteiger partial charge in [0.25, 0.3) is 0 Å². The van der Waals surface area contributed by atoms with Gasteiger partial charge >= 0.3 is 0 Å². The van der Waals surface area contributed by atoms with E-state index in [1.165, 1.54) is 0 Å². The van der Waals surface area contributed by atoms with Crippen molar-refractivity contribution in [2.24, 2.45) is 0 Å². The Labute approximate surface area is 555 Å². The molecule has 0 saturated heterocycles. The number of rotatable bonds is 85. The van der Waals surface area contributed by atoms with Gasteiger partial charge in [0.2, 0.25) is 5.91 Å². The highest BCUT2D eigenvalue weighted by Crippen LogP contribution is 2.02. The number of hydrogen-bond donors (Lipinski definition) is 2. The molecule has 0 fully saturated rings. The van der Waals surface area contributed by atoms with Gasteiger partial charge in [-0.1, -0.05) is 0 Å². The zero-order valence-electron chi connectivity index (χ0n) is 57.1. The van der Waals surface area contributed by atoms with Crippen LogP contribution in [0.2, 0.25) is 0 Å². The van der Waals surface area contributed by atoms with E-state index in [2.05, 4.69) is 10.6 Å². The number of unbranched alkanes of at least 4 members (excludes halogenated alkanes) is 1. The van der Waals surface area contributed by atoms with Gasteiger partial charge in [0.15, 0.2) is 0 Å². The molecule has 30 heteroatoms. The van der Waals surface area contributed by atoms with E-state index in [0.29, 0.717) is 350 Å². The van der Waals surface area contributed by atoms with E-state index in [4.69, 9.17) is 118 Å². The predicted molar refractivity (Wildman–Crippen MR) is 341 cm³/mol. The maximum absolute atomic E-state index is 11.9. The highest BCUT2D eigenvalue weighted by Gasteiger charge is 2.11. The molecule has 0 aromatic rings. The summed E-state index contributed by atoms with van der Waals surface area (Å²) in [5, 5.41) is 5.88. The SMILES string of the molecule is CNC(CCCCNC(=O)CCOCCOCCOCCOCCOCCOCCOCCOCCOCCOCCOCCOCCOCCOCCOCCOCCOCCOCCOCCOCCOCCOCCOCCOCCOCCC(C)=O)C(C)=O. The van der Waals surface area contributed by atoms with Gasteiger partial charge in [-0.25, -0.2) is 0 Å². The number of amides is 1. The van der Waals surface area contributed by atoms with Crippen molar-refractivity contribution in [3.8, 4) is 0 Å². The molecule has 0 radical (unpaired) electrons. The lowest BCUT2D eigenvalue weighted by atomic mass is 10.1. The summed E-state index contributed by atoms with van der Waals surface area (Å²) < 4.78 is 137. The molecule has 93 heavy (non-hydrogen) atoms. The van der Waals surface area contributed by atoms with E-state index in [9.17, 15) is 14.4 Å². The number of ketones is 2. The lowest BCUT2D eigenvalue weighted by molar-refractivity contribution is -0.122. The maximum atomic E-state index is 11.9.